The molecule has 3 rings (SSSR count). The average Bonchev–Trinajstić information content (AvgIpc) is 2.42. The molecule has 1 aliphatic rings. The second-order valence-corrected chi connectivity index (χ2v) is 5.79. The predicted octanol–water partition coefficient (Wildman–Crippen LogP) is 2.50. The summed E-state index contributed by atoms with van der Waals surface area (Å²) in [6.45, 7) is 2.29. The Balaban J connectivity index is 1.85. The Bertz CT molecular complexity index is 671. The van der Waals surface area contributed by atoms with E-state index >= 15 is 0 Å². The van der Waals surface area contributed by atoms with Crippen LogP contribution in [0.25, 0.3) is 10.9 Å². The molecule has 0 saturated heterocycles. The number of hydrogen-bond acceptors (Lipinski definition) is 4. The van der Waals surface area contributed by atoms with Gasteiger partial charge in [-0.1, -0.05) is 6.92 Å². The number of aromatic amines is 1. The zero-order chi connectivity index (χ0) is 14.1. The Morgan fingerprint density at radius 3 is 2.80 bits per heavy atom. The second-order valence-electron chi connectivity index (χ2n) is 5.79. The van der Waals surface area contributed by atoms with Gasteiger partial charge in [0.25, 0.3) is 5.56 Å². The summed E-state index contributed by atoms with van der Waals surface area (Å²) < 4.78 is 0. The largest absolute Gasteiger partial charge is 0.399 e. The topological polar surface area (TPSA) is 83.8 Å². The number of rotatable bonds is 2. The summed E-state index contributed by atoms with van der Waals surface area (Å²) in [6, 6.07) is 5.61. The molecule has 0 radical (unpaired) electrons. The van der Waals surface area contributed by atoms with Crippen molar-refractivity contribution in [1.82, 2.24) is 9.97 Å². The second kappa shape index (κ2) is 5.15. The molecule has 1 aromatic carbocycles. The molecule has 5 heteroatoms. The number of hydrogen-bond donors (Lipinski definition) is 3. The molecule has 0 unspecified atom stereocenters. The van der Waals surface area contributed by atoms with Gasteiger partial charge in [-0.25, -0.2) is 4.98 Å². The lowest BCUT2D eigenvalue weighted by molar-refractivity contribution is 0.360. The van der Waals surface area contributed by atoms with Crippen LogP contribution in [0.5, 0.6) is 0 Å². The molecule has 106 valence electrons. The summed E-state index contributed by atoms with van der Waals surface area (Å²) in [5, 5.41) is 3.89. The van der Waals surface area contributed by atoms with E-state index in [1.165, 1.54) is 12.8 Å². The van der Waals surface area contributed by atoms with Crippen LogP contribution in [0.3, 0.4) is 0 Å². The fraction of sp³-hybridized carbons (Fsp3) is 0.467. The highest BCUT2D eigenvalue weighted by Gasteiger charge is 2.18. The number of benzene rings is 1. The number of nitrogens with two attached hydrogens (primary N) is 1. The molecule has 1 heterocycles. The van der Waals surface area contributed by atoms with E-state index in [-0.39, 0.29) is 5.56 Å². The van der Waals surface area contributed by atoms with E-state index < -0.39 is 0 Å². The molecule has 4 N–H and O–H groups in total. The first-order chi connectivity index (χ1) is 9.61. The van der Waals surface area contributed by atoms with Gasteiger partial charge in [-0.3, -0.25) is 9.78 Å². The Labute approximate surface area is 117 Å². The molecule has 1 aliphatic carbocycles. The van der Waals surface area contributed by atoms with Gasteiger partial charge >= 0.3 is 0 Å². The first-order valence-corrected chi connectivity index (χ1v) is 7.18. The van der Waals surface area contributed by atoms with Gasteiger partial charge in [0.1, 0.15) is 0 Å². The standard InChI is InChI=1S/C15H20N4O/c1-9-2-5-11(6-3-9)17-15-18-13-7-4-10(16)8-12(13)14(20)19-15/h4,7-9,11H,2-3,5-6,16H2,1H3,(H2,17,18,19,20). The molecular weight excluding hydrogens is 252 g/mol. The number of nitrogens with zero attached hydrogens (tertiary/aromatic N) is 1. The van der Waals surface area contributed by atoms with Crippen LogP contribution >= 0.6 is 0 Å². The molecule has 0 bridgehead atoms. The maximum Gasteiger partial charge on any atom is 0.260 e. The minimum atomic E-state index is -0.144. The fourth-order valence-electron chi connectivity index (χ4n) is 2.82. The summed E-state index contributed by atoms with van der Waals surface area (Å²) >= 11 is 0. The highest BCUT2D eigenvalue weighted by atomic mass is 16.1. The van der Waals surface area contributed by atoms with Crippen LogP contribution in [0.1, 0.15) is 32.6 Å². The maximum atomic E-state index is 12.1. The normalized spacial score (nSPS) is 22.9. The van der Waals surface area contributed by atoms with Crippen molar-refractivity contribution in [3.63, 3.8) is 0 Å². The highest BCUT2D eigenvalue weighted by Crippen LogP contribution is 2.25. The van der Waals surface area contributed by atoms with E-state index in [0.717, 1.165) is 18.8 Å². The molecular formula is C15H20N4O. The van der Waals surface area contributed by atoms with Gasteiger partial charge < -0.3 is 11.1 Å². The lowest BCUT2D eigenvalue weighted by atomic mass is 9.87. The van der Waals surface area contributed by atoms with Crippen molar-refractivity contribution in [2.45, 2.75) is 38.6 Å². The monoisotopic (exact) mass is 272 g/mol. The van der Waals surface area contributed by atoms with Crippen LogP contribution in [-0.4, -0.2) is 16.0 Å². The van der Waals surface area contributed by atoms with Gasteiger partial charge in [-0.05, 0) is 49.8 Å². The minimum Gasteiger partial charge on any atom is -0.399 e. The molecule has 0 atom stereocenters. The molecule has 1 aromatic heterocycles. The van der Waals surface area contributed by atoms with Gasteiger partial charge in [0.2, 0.25) is 5.95 Å². The zero-order valence-corrected chi connectivity index (χ0v) is 11.6. The first-order valence-electron chi connectivity index (χ1n) is 7.18. The summed E-state index contributed by atoms with van der Waals surface area (Å²) in [7, 11) is 0. The van der Waals surface area contributed by atoms with Crippen molar-refractivity contribution < 1.29 is 0 Å². The van der Waals surface area contributed by atoms with E-state index in [9.17, 15) is 4.79 Å². The Morgan fingerprint density at radius 1 is 1.30 bits per heavy atom. The van der Waals surface area contributed by atoms with Crippen molar-refractivity contribution >= 4 is 22.5 Å². The number of nitrogens with one attached hydrogen (secondary N) is 2. The Kier molecular flexibility index (Phi) is 3.34. The van der Waals surface area contributed by atoms with E-state index in [2.05, 4.69) is 22.2 Å². The Morgan fingerprint density at radius 2 is 2.05 bits per heavy atom. The number of anilines is 2. The van der Waals surface area contributed by atoms with Crippen LogP contribution in [0.2, 0.25) is 0 Å². The van der Waals surface area contributed by atoms with E-state index in [1.54, 1.807) is 18.2 Å². The van der Waals surface area contributed by atoms with Gasteiger partial charge in [0, 0.05) is 11.7 Å². The van der Waals surface area contributed by atoms with Crippen LogP contribution in [-0.2, 0) is 0 Å². The number of fused-ring (bicyclic) bond motifs is 1. The van der Waals surface area contributed by atoms with E-state index in [0.29, 0.717) is 28.6 Å². The van der Waals surface area contributed by atoms with E-state index in [4.69, 9.17) is 5.73 Å². The number of aromatic nitrogens is 2. The van der Waals surface area contributed by atoms with Crippen LogP contribution in [0.15, 0.2) is 23.0 Å². The SMILES string of the molecule is CC1CCC(Nc2nc3ccc(N)cc3c(=O)[nH]2)CC1. The van der Waals surface area contributed by atoms with Crippen molar-refractivity contribution in [2.24, 2.45) is 5.92 Å². The molecule has 0 spiro atoms. The quantitative estimate of drug-likeness (QED) is 0.733. The summed E-state index contributed by atoms with van der Waals surface area (Å²) in [6.07, 6.45) is 4.72. The first kappa shape index (κ1) is 13.0. The highest BCUT2D eigenvalue weighted by molar-refractivity contribution is 5.81. The van der Waals surface area contributed by atoms with Crippen molar-refractivity contribution in [3.8, 4) is 0 Å². The van der Waals surface area contributed by atoms with Crippen LogP contribution in [0, 0.1) is 5.92 Å². The minimum absolute atomic E-state index is 0.144. The molecule has 1 saturated carbocycles. The summed E-state index contributed by atoms with van der Waals surface area (Å²) in [5.74, 6) is 1.37. The van der Waals surface area contributed by atoms with E-state index in [1.807, 2.05) is 0 Å². The number of nitrogen functional groups attached to an aromatic ring is 1. The molecule has 5 nitrogen and oxygen atoms in total. The maximum absolute atomic E-state index is 12.1. The summed E-state index contributed by atoms with van der Waals surface area (Å²) in [4.78, 5) is 19.3. The zero-order valence-electron chi connectivity index (χ0n) is 11.6. The molecule has 0 amide bonds. The smallest absolute Gasteiger partial charge is 0.260 e. The average molecular weight is 272 g/mol. The molecule has 0 aliphatic heterocycles. The van der Waals surface area contributed by atoms with Gasteiger partial charge in [0.15, 0.2) is 0 Å². The van der Waals surface area contributed by atoms with Crippen molar-refractivity contribution in [1.29, 1.82) is 0 Å². The van der Waals surface area contributed by atoms with Crippen molar-refractivity contribution in [3.05, 3.63) is 28.6 Å². The Hall–Kier alpha value is -2.04. The van der Waals surface area contributed by atoms with Gasteiger partial charge in [-0.15, -0.1) is 0 Å². The third kappa shape index (κ3) is 2.61. The lowest BCUT2D eigenvalue weighted by Gasteiger charge is -2.27. The predicted molar refractivity (Wildman–Crippen MR) is 81.8 cm³/mol. The molecule has 20 heavy (non-hydrogen) atoms. The van der Waals surface area contributed by atoms with Crippen LogP contribution < -0.4 is 16.6 Å². The third-order valence-corrected chi connectivity index (χ3v) is 4.09. The van der Waals surface area contributed by atoms with Gasteiger partial charge in [0.05, 0.1) is 10.9 Å². The van der Waals surface area contributed by atoms with Crippen molar-refractivity contribution in [2.75, 3.05) is 11.1 Å². The van der Waals surface area contributed by atoms with Crippen LogP contribution in [0.4, 0.5) is 11.6 Å². The number of H-pyrrole nitrogens is 1. The molecule has 1 fully saturated rings. The fourth-order valence-corrected chi connectivity index (χ4v) is 2.82. The third-order valence-electron chi connectivity index (χ3n) is 4.09. The molecule has 2 aromatic rings. The summed E-state index contributed by atoms with van der Waals surface area (Å²) in [5.41, 5.74) is 6.80. The van der Waals surface area contributed by atoms with Gasteiger partial charge in [-0.2, -0.15) is 0 Å². The lowest BCUT2D eigenvalue weighted by Crippen LogP contribution is -2.27.